The van der Waals surface area contributed by atoms with Gasteiger partial charge in [-0.3, -0.25) is 0 Å². The summed E-state index contributed by atoms with van der Waals surface area (Å²) in [6, 6.07) is 0. The zero-order valence-electron chi connectivity index (χ0n) is 6.90. The summed E-state index contributed by atoms with van der Waals surface area (Å²) in [5.41, 5.74) is 0.565. The highest BCUT2D eigenvalue weighted by Gasteiger charge is 2.24. The molecular weight excluding hydrogens is 148 g/mol. The Bertz CT molecular complexity index is 294. The second-order valence-corrected chi connectivity index (χ2v) is 3.37. The van der Waals surface area contributed by atoms with Crippen LogP contribution >= 0.6 is 0 Å². The highest BCUT2D eigenvalue weighted by molar-refractivity contribution is 5.35. The minimum Gasteiger partial charge on any atom is -0.385 e. The van der Waals surface area contributed by atoms with E-state index in [0.29, 0.717) is 6.42 Å². The molecule has 0 spiro atoms. The maximum Gasteiger partial charge on any atom is 0.0905 e. The standard InChI is InChI=1S/C11H12O/c12-11-7-3-1-2-5-10(9-11)6-4-8-11/h1-6,8,12H,7,9H2/b3-1-,5-2-. The van der Waals surface area contributed by atoms with E-state index in [1.165, 1.54) is 5.57 Å². The average molecular weight is 160 g/mol. The Morgan fingerprint density at radius 1 is 1.25 bits per heavy atom. The SMILES string of the molecule is OC12C=CC=C(/C=C\C=C/C1)C2. The van der Waals surface area contributed by atoms with Crippen LogP contribution in [0.4, 0.5) is 0 Å². The second-order valence-electron chi connectivity index (χ2n) is 3.37. The lowest BCUT2D eigenvalue weighted by Crippen LogP contribution is -2.27. The second kappa shape index (κ2) is 2.76. The summed E-state index contributed by atoms with van der Waals surface area (Å²) in [6.07, 6.45) is 15.4. The van der Waals surface area contributed by atoms with Crippen molar-refractivity contribution in [2.24, 2.45) is 0 Å². The van der Waals surface area contributed by atoms with Crippen LogP contribution in [0.2, 0.25) is 0 Å². The molecule has 0 aliphatic heterocycles. The molecule has 2 rings (SSSR count). The van der Waals surface area contributed by atoms with E-state index in [1.807, 2.05) is 42.5 Å². The van der Waals surface area contributed by atoms with Crippen LogP contribution < -0.4 is 0 Å². The van der Waals surface area contributed by atoms with Gasteiger partial charge in [0.2, 0.25) is 0 Å². The summed E-state index contributed by atoms with van der Waals surface area (Å²) in [4.78, 5) is 0. The molecule has 1 nitrogen and oxygen atoms in total. The van der Waals surface area contributed by atoms with E-state index in [0.717, 1.165) is 6.42 Å². The molecule has 0 aromatic carbocycles. The lowest BCUT2D eigenvalue weighted by molar-refractivity contribution is 0.0939. The van der Waals surface area contributed by atoms with Gasteiger partial charge in [-0.05, 0) is 12.0 Å². The monoisotopic (exact) mass is 160 g/mol. The van der Waals surface area contributed by atoms with Crippen LogP contribution in [0.15, 0.2) is 48.1 Å². The van der Waals surface area contributed by atoms with Gasteiger partial charge in [0.05, 0.1) is 5.60 Å². The fourth-order valence-corrected chi connectivity index (χ4v) is 1.61. The molecule has 0 saturated heterocycles. The van der Waals surface area contributed by atoms with Crippen molar-refractivity contribution in [2.45, 2.75) is 18.4 Å². The van der Waals surface area contributed by atoms with E-state index in [-0.39, 0.29) is 0 Å². The highest BCUT2D eigenvalue weighted by Crippen LogP contribution is 2.28. The Morgan fingerprint density at radius 2 is 2.17 bits per heavy atom. The first kappa shape index (κ1) is 7.56. The summed E-state index contributed by atoms with van der Waals surface area (Å²) < 4.78 is 0. The molecule has 1 atom stereocenters. The maximum absolute atomic E-state index is 9.99. The van der Waals surface area contributed by atoms with Crippen molar-refractivity contribution < 1.29 is 5.11 Å². The molecule has 0 heterocycles. The Morgan fingerprint density at radius 3 is 3.08 bits per heavy atom. The Balaban J connectivity index is 2.36. The molecule has 0 amide bonds. The normalized spacial score (nSPS) is 37.9. The number of allylic oxidation sites excluding steroid dienone is 5. The first-order valence-corrected chi connectivity index (χ1v) is 4.23. The molecule has 2 bridgehead atoms. The summed E-state index contributed by atoms with van der Waals surface area (Å²) in [5, 5.41) is 9.99. The van der Waals surface area contributed by atoms with Gasteiger partial charge in [-0.25, -0.2) is 0 Å². The molecule has 2 aliphatic carbocycles. The van der Waals surface area contributed by atoms with E-state index >= 15 is 0 Å². The van der Waals surface area contributed by atoms with Gasteiger partial charge >= 0.3 is 0 Å². The van der Waals surface area contributed by atoms with Gasteiger partial charge in [-0.2, -0.15) is 0 Å². The topological polar surface area (TPSA) is 20.2 Å². The number of hydrogen-bond donors (Lipinski definition) is 1. The van der Waals surface area contributed by atoms with Crippen LogP contribution in [0, 0.1) is 0 Å². The summed E-state index contributed by atoms with van der Waals surface area (Å²) in [6.45, 7) is 0. The van der Waals surface area contributed by atoms with Crippen LogP contribution in [0.5, 0.6) is 0 Å². The summed E-state index contributed by atoms with van der Waals surface area (Å²) in [5.74, 6) is 0. The van der Waals surface area contributed by atoms with Crippen LogP contribution in [0.1, 0.15) is 12.8 Å². The van der Waals surface area contributed by atoms with Gasteiger partial charge in [0.25, 0.3) is 0 Å². The lowest BCUT2D eigenvalue weighted by atomic mass is 9.86. The van der Waals surface area contributed by atoms with E-state index in [2.05, 4.69) is 0 Å². The van der Waals surface area contributed by atoms with Crippen molar-refractivity contribution in [3.8, 4) is 0 Å². The average Bonchev–Trinajstić information content (AvgIpc) is 2.02. The first-order valence-electron chi connectivity index (χ1n) is 4.23. The molecule has 62 valence electrons. The van der Waals surface area contributed by atoms with Crippen molar-refractivity contribution in [1.29, 1.82) is 0 Å². The fraction of sp³-hybridized carbons (Fsp3) is 0.273. The van der Waals surface area contributed by atoms with Gasteiger partial charge < -0.3 is 5.11 Å². The third-order valence-electron chi connectivity index (χ3n) is 2.26. The summed E-state index contributed by atoms with van der Waals surface area (Å²) >= 11 is 0. The van der Waals surface area contributed by atoms with E-state index in [9.17, 15) is 5.11 Å². The molecule has 0 aromatic heterocycles. The summed E-state index contributed by atoms with van der Waals surface area (Å²) in [7, 11) is 0. The van der Waals surface area contributed by atoms with Crippen LogP contribution in [-0.4, -0.2) is 10.7 Å². The zero-order chi connectivity index (χ0) is 8.44. The third kappa shape index (κ3) is 1.41. The van der Waals surface area contributed by atoms with E-state index in [1.54, 1.807) is 0 Å². The van der Waals surface area contributed by atoms with Gasteiger partial charge in [0, 0.05) is 6.42 Å². The van der Waals surface area contributed by atoms with Crippen molar-refractivity contribution >= 4 is 0 Å². The predicted octanol–water partition coefficient (Wildman–Crippen LogP) is 2.12. The molecule has 1 N–H and O–H groups in total. The molecule has 2 aliphatic rings. The fourth-order valence-electron chi connectivity index (χ4n) is 1.61. The van der Waals surface area contributed by atoms with E-state index in [4.69, 9.17) is 0 Å². The molecule has 0 saturated carbocycles. The van der Waals surface area contributed by atoms with Crippen LogP contribution in [-0.2, 0) is 0 Å². The number of hydrogen-bond acceptors (Lipinski definition) is 1. The Labute approximate surface area is 72.4 Å². The maximum atomic E-state index is 9.99. The van der Waals surface area contributed by atoms with Crippen molar-refractivity contribution in [1.82, 2.24) is 0 Å². The quantitative estimate of drug-likeness (QED) is 0.575. The third-order valence-corrected chi connectivity index (χ3v) is 2.26. The van der Waals surface area contributed by atoms with Gasteiger partial charge in [-0.15, -0.1) is 0 Å². The van der Waals surface area contributed by atoms with Crippen LogP contribution in [0.25, 0.3) is 0 Å². The van der Waals surface area contributed by atoms with Crippen molar-refractivity contribution in [3.63, 3.8) is 0 Å². The zero-order valence-corrected chi connectivity index (χ0v) is 6.90. The van der Waals surface area contributed by atoms with E-state index < -0.39 is 5.60 Å². The molecule has 0 aromatic rings. The molecule has 0 radical (unpaired) electrons. The number of aliphatic hydroxyl groups is 1. The molecular formula is C11H12O. The van der Waals surface area contributed by atoms with Crippen LogP contribution in [0.3, 0.4) is 0 Å². The number of fused-ring (bicyclic) bond motifs is 2. The Kier molecular flexibility index (Phi) is 1.74. The van der Waals surface area contributed by atoms with Crippen molar-refractivity contribution in [2.75, 3.05) is 0 Å². The van der Waals surface area contributed by atoms with Crippen molar-refractivity contribution in [3.05, 3.63) is 48.1 Å². The van der Waals surface area contributed by atoms with Gasteiger partial charge in [0.1, 0.15) is 0 Å². The first-order chi connectivity index (χ1) is 5.79. The predicted molar refractivity (Wildman–Crippen MR) is 49.7 cm³/mol. The molecule has 1 heteroatoms. The minimum absolute atomic E-state index is 0.634. The minimum atomic E-state index is -0.634. The van der Waals surface area contributed by atoms with Gasteiger partial charge in [0.15, 0.2) is 0 Å². The molecule has 12 heavy (non-hydrogen) atoms. The lowest BCUT2D eigenvalue weighted by Gasteiger charge is -2.26. The molecule has 1 unspecified atom stereocenters. The van der Waals surface area contributed by atoms with Gasteiger partial charge in [-0.1, -0.05) is 42.5 Å². The molecule has 0 fully saturated rings. The largest absolute Gasteiger partial charge is 0.385 e. The smallest absolute Gasteiger partial charge is 0.0905 e. The Hall–Kier alpha value is -1.08. The number of rotatable bonds is 0. The highest BCUT2D eigenvalue weighted by atomic mass is 16.3.